The van der Waals surface area contributed by atoms with Gasteiger partial charge < -0.3 is 0 Å². The Morgan fingerprint density at radius 1 is 1.04 bits per heavy atom. The van der Waals surface area contributed by atoms with Crippen LogP contribution in [0.2, 0.25) is 0 Å². The predicted octanol–water partition coefficient (Wildman–Crippen LogP) is 2.05. The predicted molar refractivity (Wildman–Crippen MR) is 88.9 cm³/mol. The molecule has 4 rings (SSSR count). The van der Waals surface area contributed by atoms with E-state index in [1.165, 1.54) is 12.1 Å². The van der Waals surface area contributed by atoms with E-state index in [4.69, 9.17) is 0 Å². The van der Waals surface area contributed by atoms with Crippen LogP contribution >= 0.6 is 0 Å². The number of aromatic amines is 1. The molecule has 0 bridgehead atoms. The van der Waals surface area contributed by atoms with Crippen LogP contribution in [-0.2, 0) is 0 Å². The first-order chi connectivity index (χ1) is 12.1. The molecule has 0 atom stereocenters. The third kappa shape index (κ3) is 2.53. The molecule has 2 heterocycles. The molecule has 4 aromatic rings. The summed E-state index contributed by atoms with van der Waals surface area (Å²) in [5.41, 5.74) is 1.32. The molecule has 0 aliphatic rings. The lowest BCUT2D eigenvalue weighted by molar-refractivity contribution is -0.384. The molecule has 1 N–H and O–H groups in total. The summed E-state index contributed by atoms with van der Waals surface area (Å²) < 4.78 is 1.10. The van der Waals surface area contributed by atoms with Gasteiger partial charge in [0.25, 0.3) is 5.69 Å². The first-order valence-electron chi connectivity index (χ1n) is 7.29. The fourth-order valence-corrected chi connectivity index (χ4v) is 2.48. The van der Waals surface area contributed by atoms with Gasteiger partial charge in [-0.15, -0.1) is 5.10 Å². The van der Waals surface area contributed by atoms with Crippen LogP contribution < -0.4 is 5.69 Å². The number of fused-ring (bicyclic) bond motifs is 1. The molecule has 0 spiro atoms. The van der Waals surface area contributed by atoms with Crippen molar-refractivity contribution in [2.24, 2.45) is 0 Å². The number of nitro groups is 1. The first-order valence-corrected chi connectivity index (χ1v) is 7.29. The number of nitrogens with zero attached hydrogens (tertiary/aromatic N) is 5. The van der Waals surface area contributed by atoms with E-state index in [2.05, 4.69) is 20.3 Å². The maximum Gasteiger partial charge on any atom is 0.364 e. The fraction of sp³-hybridized carbons (Fsp3) is 0. The van der Waals surface area contributed by atoms with E-state index in [9.17, 15) is 14.9 Å². The van der Waals surface area contributed by atoms with Crippen LogP contribution in [0, 0.1) is 10.1 Å². The van der Waals surface area contributed by atoms with Crippen molar-refractivity contribution >= 4 is 11.3 Å². The van der Waals surface area contributed by atoms with Gasteiger partial charge in [-0.2, -0.15) is 9.61 Å². The number of non-ortho nitro benzene ring substituents is 1. The van der Waals surface area contributed by atoms with Gasteiger partial charge in [0.15, 0.2) is 11.5 Å². The molecular formula is C16H10N6O3. The Labute approximate surface area is 139 Å². The zero-order valence-electron chi connectivity index (χ0n) is 12.7. The third-order valence-corrected chi connectivity index (χ3v) is 3.64. The summed E-state index contributed by atoms with van der Waals surface area (Å²) >= 11 is 0. The quantitative estimate of drug-likeness (QED) is 0.452. The lowest BCUT2D eigenvalue weighted by Gasteiger charge is -1.99. The summed E-state index contributed by atoms with van der Waals surface area (Å²) in [6.45, 7) is 0. The Kier molecular flexibility index (Phi) is 3.31. The van der Waals surface area contributed by atoms with Gasteiger partial charge in [0.05, 0.1) is 4.92 Å². The fourth-order valence-electron chi connectivity index (χ4n) is 2.48. The van der Waals surface area contributed by atoms with Crippen molar-refractivity contribution in [2.75, 3.05) is 0 Å². The van der Waals surface area contributed by atoms with E-state index < -0.39 is 10.6 Å². The Morgan fingerprint density at radius 2 is 1.80 bits per heavy atom. The van der Waals surface area contributed by atoms with Crippen LogP contribution in [0.25, 0.3) is 28.3 Å². The van der Waals surface area contributed by atoms with Crippen LogP contribution in [0.5, 0.6) is 0 Å². The molecule has 0 saturated heterocycles. The Balaban J connectivity index is 1.94. The summed E-state index contributed by atoms with van der Waals surface area (Å²) in [5, 5.41) is 21.6. The minimum absolute atomic E-state index is 0.0772. The molecule has 0 aliphatic heterocycles. The van der Waals surface area contributed by atoms with Gasteiger partial charge in [-0.05, 0) is 0 Å². The number of nitrogens with one attached hydrogen (secondary N) is 1. The number of hydrogen-bond donors (Lipinski definition) is 1. The van der Waals surface area contributed by atoms with E-state index in [0.29, 0.717) is 11.3 Å². The van der Waals surface area contributed by atoms with Gasteiger partial charge in [-0.3, -0.25) is 10.1 Å². The summed E-state index contributed by atoms with van der Waals surface area (Å²) in [7, 11) is 0. The van der Waals surface area contributed by atoms with Crippen LogP contribution in [0.4, 0.5) is 5.69 Å². The van der Waals surface area contributed by atoms with E-state index in [1.54, 1.807) is 12.1 Å². The molecule has 9 heteroatoms. The molecule has 25 heavy (non-hydrogen) atoms. The van der Waals surface area contributed by atoms with E-state index >= 15 is 0 Å². The molecule has 2 aromatic heterocycles. The van der Waals surface area contributed by atoms with Gasteiger partial charge in [0, 0.05) is 23.3 Å². The van der Waals surface area contributed by atoms with Crippen molar-refractivity contribution in [3.8, 4) is 22.6 Å². The SMILES string of the molecule is O=c1[nH]nc(-c2ccccc2)c2nc(-c3cccc([N+](=O)[O-])c3)nn12. The largest absolute Gasteiger partial charge is 0.364 e. The first kappa shape index (κ1) is 14.7. The van der Waals surface area contributed by atoms with E-state index in [1.807, 2.05) is 30.3 Å². The summed E-state index contributed by atoms with van der Waals surface area (Å²) in [4.78, 5) is 26.8. The van der Waals surface area contributed by atoms with Gasteiger partial charge in [0.1, 0.15) is 5.69 Å². The molecule has 0 fully saturated rings. The summed E-state index contributed by atoms with van der Waals surface area (Å²) in [6.07, 6.45) is 0. The van der Waals surface area contributed by atoms with Gasteiger partial charge in [-0.25, -0.2) is 14.9 Å². The molecule has 0 radical (unpaired) electrons. The maximum absolute atomic E-state index is 12.0. The average molecular weight is 334 g/mol. The minimum Gasteiger partial charge on any atom is -0.258 e. The van der Waals surface area contributed by atoms with Crippen molar-refractivity contribution in [2.45, 2.75) is 0 Å². The highest BCUT2D eigenvalue weighted by molar-refractivity contribution is 5.74. The van der Waals surface area contributed by atoms with Gasteiger partial charge in [0.2, 0.25) is 0 Å². The van der Waals surface area contributed by atoms with Crippen molar-refractivity contribution < 1.29 is 4.92 Å². The zero-order valence-corrected chi connectivity index (χ0v) is 12.7. The minimum atomic E-state index is -0.543. The normalized spacial score (nSPS) is 10.9. The number of benzene rings is 2. The highest BCUT2D eigenvalue weighted by Crippen LogP contribution is 2.24. The average Bonchev–Trinajstić information content (AvgIpc) is 3.09. The van der Waals surface area contributed by atoms with Crippen LogP contribution in [0.15, 0.2) is 59.4 Å². The van der Waals surface area contributed by atoms with Crippen molar-refractivity contribution in [1.29, 1.82) is 0 Å². The maximum atomic E-state index is 12.0. The number of H-pyrrole nitrogens is 1. The topological polar surface area (TPSA) is 119 Å². The molecule has 9 nitrogen and oxygen atoms in total. The standard InChI is InChI=1S/C16H10N6O3/c23-16-19-18-13(10-5-2-1-3-6-10)15-17-14(20-21(15)16)11-7-4-8-12(9-11)22(24)25/h1-9H,(H,19,23). The number of aromatic nitrogens is 5. The highest BCUT2D eigenvalue weighted by Gasteiger charge is 2.16. The van der Waals surface area contributed by atoms with E-state index in [0.717, 1.165) is 10.1 Å². The van der Waals surface area contributed by atoms with Crippen LogP contribution in [-0.4, -0.2) is 29.7 Å². The number of hydrogen-bond acceptors (Lipinski definition) is 6. The van der Waals surface area contributed by atoms with Gasteiger partial charge >= 0.3 is 5.69 Å². The second kappa shape index (κ2) is 5.64. The Hall–Kier alpha value is -3.88. The Bertz CT molecular complexity index is 1150. The number of rotatable bonds is 3. The third-order valence-electron chi connectivity index (χ3n) is 3.64. The summed E-state index contributed by atoms with van der Waals surface area (Å²) in [6, 6.07) is 15.1. The zero-order chi connectivity index (χ0) is 17.4. The van der Waals surface area contributed by atoms with Crippen molar-refractivity contribution in [3.63, 3.8) is 0 Å². The molecule has 2 aromatic carbocycles. The molecule has 122 valence electrons. The smallest absolute Gasteiger partial charge is 0.258 e. The second-order valence-electron chi connectivity index (χ2n) is 5.22. The molecule has 0 unspecified atom stereocenters. The monoisotopic (exact) mass is 334 g/mol. The second-order valence-corrected chi connectivity index (χ2v) is 5.22. The highest BCUT2D eigenvalue weighted by atomic mass is 16.6. The Morgan fingerprint density at radius 3 is 2.56 bits per heavy atom. The van der Waals surface area contributed by atoms with Crippen LogP contribution in [0.3, 0.4) is 0 Å². The lowest BCUT2D eigenvalue weighted by atomic mass is 10.1. The van der Waals surface area contributed by atoms with Crippen molar-refractivity contribution in [3.05, 3.63) is 75.2 Å². The molecular weight excluding hydrogens is 324 g/mol. The number of nitro benzene ring substituents is 1. The van der Waals surface area contributed by atoms with Gasteiger partial charge in [-0.1, -0.05) is 42.5 Å². The van der Waals surface area contributed by atoms with Crippen molar-refractivity contribution in [1.82, 2.24) is 24.8 Å². The molecule has 0 amide bonds. The lowest BCUT2D eigenvalue weighted by Crippen LogP contribution is -2.19. The summed E-state index contributed by atoms with van der Waals surface area (Å²) in [5.74, 6) is 0.208. The molecule has 0 aliphatic carbocycles. The van der Waals surface area contributed by atoms with E-state index in [-0.39, 0.29) is 17.2 Å². The van der Waals surface area contributed by atoms with Crippen LogP contribution in [0.1, 0.15) is 0 Å². The molecule has 0 saturated carbocycles.